The molecule has 82 valence electrons. The van der Waals surface area contributed by atoms with Gasteiger partial charge in [0.2, 0.25) is 0 Å². The first-order valence-corrected chi connectivity index (χ1v) is 5.45. The third-order valence-electron chi connectivity index (χ3n) is 2.59. The summed E-state index contributed by atoms with van der Waals surface area (Å²) < 4.78 is 10.3. The fourth-order valence-corrected chi connectivity index (χ4v) is 1.74. The Kier molecular flexibility index (Phi) is 5.80. The normalized spacial score (nSPS) is 21.4. The fraction of sp³-hybridized carbons (Fsp3) is 0.909. The zero-order chi connectivity index (χ0) is 10.2. The molecule has 1 heterocycles. The minimum atomic E-state index is 0.310. The highest BCUT2D eigenvalue weighted by atomic mass is 16.5. The van der Waals surface area contributed by atoms with E-state index in [0.717, 1.165) is 19.4 Å². The summed E-state index contributed by atoms with van der Waals surface area (Å²) in [4.78, 5) is 11.3. The molecule has 0 aliphatic carbocycles. The van der Waals surface area contributed by atoms with Crippen molar-refractivity contribution in [2.24, 2.45) is 0 Å². The molecule has 1 rings (SSSR count). The van der Waals surface area contributed by atoms with Crippen LogP contribution in [0.15, 0.2) is 0 Å². The molecule has 14 heavy (non-hydrogen) atoms. The van der Waals surface area contributed by atoms with Gasteiger partial charge in [0.25, 0.3) is 0 Å². The van der Waals surface area contributed by atoms with Gasteiger partial charge in [-0.1, -0.05) is 0 Å². The van der Waals surface area contributed by atoms with Gasteiger partial charge in [-0.2, -0.15) is 0 Å². The molecule has 0 radical (unpaired) electrons. The number of ketones is 1. The van der Waals surface area contributed by atoms with Crippen LogP contribution in [0, 0.1) is 0 Å². The summed E-state index contributed by atoms with van der Waals surface area (Å²) >= 11 is 0. The van der Waals surface area contributed by atoms with E-state index in [2.05, 4.69) is 0 Å². The van der Waals surface area contributed by atoms with Crippen LogP contribution in [0.3, 0.4) is 0 Å². The molecular weight excluding hydrogens is 180 g/mol. The van der Waals surface area contributed by atoms with Gasteiger partial charge >= 0.3 is 0 Å². The van der Waals surface area contributed by atoms with Crippen LogP contribution in [0.25, 0.3) is 0 Å². The van der Waals surface area contributed by atoms with E-state index in [0.29, 0.717) is 31.3 Å². The monoisotopic (exact) mass is 200 g/mol. The molecule has 1 fully saturated rings. The summed E-state index contributed by atoms with van der Waals surface area (Å²) in [6.07, 6.45) is 6.02. The molecular formula is C11H20O3. The van der Waals surface area contributed by atoms with Crippen LogP contribution in [0.1, 0.15) is 38.5 Å². The molecule has 0 aromatic carbocycles. The van der Waals surface area contributed by atoms with E-state index in [1.807, 2.05) is 0 Å². The lowest BCUT2D eigenvalue weighted by molar-refractivity contribution is -0.120. The molecule has 0 aromatic rings. The molecule has 0 spiro atoms. The maximum atomic E-state index is 11.3. The SMILES string of the molecule is COCCC(=O)CCCC1CCCO1. The number of hydrogen-bond acceptors (Lipinski definition) is 3. The average Bonchev–Trinajstić information content (AvgIpc) is 2.67. The Morgan fingerprint density at radius 1 is 1.50 bits per heavy atom. The highest BCUT2D eigenvalue weighted by Crippen LogP contribution is 2.17. The number of rotatable bonds is 7. The van der Waals surface area contributed by atoms with E-state index in [1.54, 1.807) is 7.11 Å². The third-order valence-corrected chi connectivity index (χ3v) is 2.59. The van der Waals surface area contributed by atoms with Gasteiger partial charge in [-0.15, -0.1) is 0 Å². The largest absolute Gasteiger partial charge is 0.384 e. The molecule has 0 amide bonds. The second-order valence-corrected chi connectivity index (χ2v) is 3.81. The highest BCUT2D eigenvalue weighted by molar-refractivity contribution is 5.78. The standard InChI is InChI=1S/C11H20O3/c1-13-9-7-10(12)4-2-5-11-6-3-8-14-11/h11H,2-9H2,1H3. The zero-order valence-electron chi connectivity index (χ0n) is 8.96. The van der Waals surface area contributed by atoms with Crippen molar-refractivity contribution in [2.75, 3.05) is 20.3 Å². The van der Waals surface area contributed by atoms with Crippen LogP contribution in [0.5, 0.6) is 0 Å². The van der Waals surface area contributed by atoms with E-state index in [4.69, 9.17) is 9.47 Å². The minimum absolute atomic E-state index is 0.310. The first kappa shape index (κ1) is 11.7. The maximum Gasteiger partial charge on any atom is 0.135 e. The second-order valence-electron chi connectivity index (χ2n) is 3.81. The van der Waals surface area contributed by atoms with Crippen molar-refractivity contribution in [3.05, 3.63) is 0 Å². The Hall–Kier alpha value is -0.410. The molecule has 0 aromatic heterocycles. The zero-order valence-corrected chi connectivity index (χ0v) is 8.96. The van der Waals surface area contributed by atoms with Gasteiger partial charge in [0.1, 0.15) is 5.78 Å². The molecule has 1 atom stereocenters. The molecule has 1 aliphatic rings. The number of methoxy groups -OCH3 is 1. The Labute approximate surface area is 85.8 Å². The minimum Gasteiger partial charge on any atom is -0.384 e. The van der Waals surface area contributed by atoms with Crippen molar-refractivity contribution in [1.82, 2.24) is 0 Å². The molecule has 1 aliphatic heterocycles. The van der Waals surface area contributed by atoms with Crippen molar-refractivity contribution >= 4 is 5.78 Å². The van der Waals surface area contributed by atoms with Crippen LogP contribution < -0.4 is 0 Å². The van der Waals surface area contributed by atoms with E-state index in [-0.39, 0.29) is 0 Å². The summed E-state index contributed by atoms with van der Waals surface area (Å²) in [5.41, 5.74) is 0. The predicted molar refractivity (Wildman–Crippen MR) is 54.3 cm³/mol. The van der Waals surface area contributed by atoms with Gasteiger partial charge in [-0.25, -0.2) is 0 Å². The first-order chi connectivity index (χ1) is 6.83. The van der Waals surface area contributed by atoms with Gasteiger partial charge in [0, 0.05) is 26.6 Å². The second kappa shape index (κ2) is 6.96. The number of ether oxygens (including phenoxy) is 2. The van der Waals surface area contributed by atoms with E-state index >= 15 is 0 Å². The van der Waals surface area contributed by atoms with Crippen LogP contribution in [0.4, 0.5) is 0 Å². The lowest BCUT2D eigenvalue weighted by Crippen LogP contribution is -2.07. The molecule has 1 saturated heterocycles. The molecule has 0 bridgehead atoms. The Morgan fingerprint density at radius 3 is 3.00 bits per heavy atom. The van der Waals surface area contributed by atoms with Gasteiger partial charge < -0.3 is 9.47 Å². The summed E-state index contributed by atoms with van der Waals surface area (Å²) in [5, 5.41) is 0. The molecule has 0 saturated carbocycles. The Morgan fingerprint density at radius 2 is 2.36 bits per heavy atom. The van der Waals surface area contributed by atoms with E-state index < -0.39 is 0 Å². The molecule has 1 unspecified atom stereocenters. The van der Waals surface area contributed by atoms with Crippen molar-refractivity contribution < 1.29 is 14.3 Å². The van der Waals surface area contributed by atoms with Crippen LogP contribution >= 0.6 is 0 Å². The van der Waals surface area contributed by atoms with Crippen LogP contribution in [-0.4, -0.2) is 32.2 Å². The van der Waals surface area contributed by atoms with Crippen LogP contribution in [-0.2, 0) is 14.3 Å². The number of carbonyl (C=O) groups excluding carboxylic acids is 1. The van der Waals surface area contributed by atoms with Crippen LogP contribution in [0.2, 0.25) is 0 Å². The van der Waals surface area contributed by atoms with E-state index in [9.17, 15) is 4.79 Å². The van der Waals surface area contributed by atoms with Crippen molar-refractivity contribution in [3.63, 3.8) is 0 Å². The number of Topliss-reactive ketones (excluding diaryl/α,β-unsaturated/α-hetero) is 1. The summed E-state index contributed by atoms with van der Waals surface area (Å²) in [7, 11) is 1.62. The lowest BCUT2D eigenvalue weighted by atomic mass is 10.1. The quantitative estimate of drug-likeness (QED) is 0.630. The number of hydrogen-bond donors (Lipinski definition) is 0. The topological polar surface area (TPSA) is 35.5 Å². The van der Waals surface area contributed by atoms with Gasteiger partial charge in [-0.05, 0) is 25.7 Å². The summed E-state index contributed by atoms with van der Waals surface area (Å²) in [6, 6.07) is 0. The highest BCUT2D eigenvalue weighted by Gasteiger charge is 2.15. The van der Waals surface area contributed by atoms with Gasteiger partial charge in [0.05, 0.1) is 12.7 Å². The smallest absolute Gasteiger partial charge is 0.135 e. The van der Waals surface area contributed by atoms with Crippen molar-refractivity contribution in [1.29, 1.82) is 0 Å². The fourth-order valence-electron chi connectivity index (χ4n) is 1.74. The summed E-state index contributed by atoms with van der Waals surface area (Å²) in [5.74, 6) is 0.310. The Bertz CT molecular complexity index is 162. The maximum absolute atomic E-state index is 11.3. The van der Waals surface area contributed by atoms with Gasteiger partial charge in [0.15, 0.2) is 0 Å². The van der Waals surface area contributed by atoms with Crippen molar-refractivity contribution in [2.45, 2.75) is 44.6 Å². The van der Waals surface area contributed by atoms with Gasteiger partial charge in [-0.3, -0.25) is 4.79 Å². The lowest BCUT2D eigenvalue weighted by Gasteiger charge is -2.07. The molecule has 3 heteroatoms. The molecule has 3 nitrogen and oxygen atoms in total. The summed E-state index contributed by atoms with van der Waals surface area (Å²) in [6.45, 7) is 1.46. The average molecular weight is 200 g/mol. The van der Waals surface area contributed by atoms with E-state index in [1.165, 1.54) is 12.8 Å². The predicted octanol–water partition coefficient (Wildman–Crippen LogP) is 1.94. The van der Waals surface area contributed by atoms with Crippen molar-refractivity contribution in [3.8, 4) is 0 Å². The third kappa shape index (κ3) is 4.72. The molecule has 0 N–H and O–H groups in total. The first-order valence-electron chi connectivity index (χ1n) is 5.45. The Balaban J connectivity index is 1.94. The number of carbonyl (C=O) groups is 1.